The van der Waals surface area contributed by atoms with Gasteiger partial charge in [-0.15, -0.1) is 10.2 Å². The molecule has 0 unspecified atom stereocenters. The third-order valence-electron chi connectivity index (χ3n) is 2.64. The lowest BCUT2D eigenvalue weighted by Crippen LogP contribution is -2.26. The van der Waals surface area contributed by atoms with E-state index in [-0.39, 0.29) is 17.9 Å². The minimum atomic E-state index is -1.18. The predicted octanol–water partition coefficient (Wildman–Crippen LogP) is 0.321. The number of carboxylic acid groups (broad SMARTS) is 1. The van der Waals surface area contributed by atoms with Gasteiger partial charge < -0.3 is 15.0 Å². The molecule has 2 aromatic heterocycles. The topological polar surface area (TPSA) is 110 Å². The van der Waals surface area contributed by atoms with Crippen molar-refractivity contribution in [3.63, 3.8) is 0 Å². The Hall–Kier alpha value is -2.77. The van der Waals surface area contributed by atoms with Gasteiger partial charge in [0.15, 0.2) is 5.82 Å². The third kappa shape index (κ3) is 2.97. The molecule has 2 heterocycles. The van der Waals surface area contributed by atoms with E-state index in [0.717, 1.165) is 0 Å². The molecule has 0 bridgehead atoms. The highest BCUT2D eigenvalue weighted by Crippen LogP contribution is 2.01. The second-order valence-electron chi connectivity index (χ2n) is 3.93. The number of aromatic nitrogens is 4. The smallest absolute Gasteiger partial charge is 0.354 e. The van der Waals surface area contributed by atoms with Crippen molar-refractivity contribution in [2.24, 2.45) is 0 Å². The number of carbonyl (C=O) groups excluding carboxylic acids is 1. The maximum Gasteiger partial charge on any atom is 0.354 e. The maximum atomic E-state index is 11.9. The van der Waals surface area contributed by atoms with Crippen LogP contribution < -0.4 is 5.32 Å². The Bertz CT molecular complexity index is 638. The molecule has 20 heavy (non-hydrogen) atoms. The summed E-state index contributed by atoms with van der Waals surface area (Å²) in [6.45, 7) is 2.84. The lowest BCUT2D eigenvalue weighted by molar-refractivity contribution is 0.0690. The van der Waals surface area contributed by atoms with E-state index in [1.54, 1.807) is 10.9 Å². The number of amides is 1. The number of hydrogen-bond acceptors (Lipinski definition) is 5. The largest absolute Gasteiger partial charge is 0.477 e. The highest BCUT2D eigenvalue weighted by atomic mass is 16.4. The fraction of sp³-hybridized carbons (Fsp3) is 0.250. The van der Waals surface area contributed by atoms with Crippen LogP contribution in [0, 0.1) is 0 Å². The predicted molar refractivity (Wildman–Crippen MR) is 68.1 cm³/mol. The van der Waals surface area contributed by atoms with Crippen molar-refractivity contribution in [1.29, 1.82) is 0 Å². The maximum absolute atomic E-state index is 11.9. The first-order valence-electron chi connectivity index (χ1n) is 5.97. The van der Waals surface area contributed by atoms with Gasteiger partial charge in [0, 0.05) is 6.54 Å². The summed E-state index contributed by atoms with van der Waals surface area (Å²) in [7, 11) is 0. The van der Waals surface area contributed by atoms with Gasteiger partial charge >= 0.3 is 5.97 Å². The van der Waals surface area contributed by atoms with Crippen LogP contribution in [0.3, 0.4) is 0 Å². The molecule has 0 saturated carbocycles. The SMILES string of the molecule is CCn1cnnc1CNC(=O)c1cccc(C(=O)O)n1. The molecule has 2 rings (SSSR count). The molecule has 8 nitrogen and oxygen atoms in total. The Morgan fingerprint density at radius 2 is 2.10 bits per heavy atom. The Balaban J connectivity index is 2.05. The monoisotopic (exact) mass is 275 g/mol. The van der Waals surface area contributed by atoms with E-state index < -0.39 is 11.9 Å². The Kier molecular flexibility index (Phi) is 4.04. The van der Waals surface area contributed by atoms with Crippen LogP contribution in [0.25, 0.3) is 0 Å². The van der Waals surface area contributed by atoms with E-state index >= 15 is 0 Å². The van der Waals surface area contributed by atoms with Gasteiger partial charge in [0.1, 0.15) is 17.7 Å². The van der Waals surface area contributed by atoms with Gasteiger partial charge in [-0.05, 0) is 19.1 Å². The van der Waals surface area contributed by atoms with Crippen LogP contribution in [0.15, 0.2) is 24.5 Å². The minimum absolute atomic E-state index is 0.0486. The molecular formula is C12H13N5O3. The van der Waals surface area contributed by atoms with Crippen molar-refractivity contribution in [3.05, 3.63) is 41.7 Å². The van der Waals surface area contributed by atoms with E-state index in [1.807, 2.05) is 6.92 Å². The molecule has 8 heteroatoms. The minimum Gasteiger partial charge on any atom is -0.477 e. The van der Waals surface area contributed by atoms with E-state index in [0.29, 0.717) is 12.4 Å². The molecule has 0 atom stereocenters. The summed E-state index contributed by atoms with van der Waals surface area (Å²) in [5, 5.41) is 19.1. The van der Waals surface area contributed by atoms with Gasteiger partial charge in [-0.3, -0.25) is 4.79 Å². The first-order valence-corrected chi connectivity index (χ1v) is 5.97. The number of aryl methyl sites for hydroxylation is 1. The van der Waals surface area contributed by atoms with E-state index in [1.165, 1.54) is 18.2 Å². The van der Waals surface area contributed by atoms with Crippen molar-refractivity contribution >= 4 is 11.9 Å². The second-order valence-corrected chi connectivity index (χ2v) is 3.93. The molecule has 0 aromatic carbocycles. The molecule has 2 aromatic rings. The van der Waals surface area contributed by atoms with Crippen LogP contribution in [0.1, 0.15) is 33.7 Å². The lowest BCUT2D eigenvalue weighted by atomic mass is 10.3. The third-order valence-corrected chi connectivity index (χ3v) is 2.64. The summed E-state index contributed by atoms with van der Waals surface area (Å²) in [5.74, 6) is -1.01. The van der Waals surface area contributed by atoms with Gasteiger partial charge in [-0.2, -0.15) is 0 Å². The molecule has 0 spiro atoms. The number of carbonyl (C=O) groups is 2. The number of nitrogens with zero attached hydrogens (tertiary/aromatic N) is 4. The van der Waals surface area contributed by atoms with Crippen molar-refractivity contribution in [1.82, 2.24) is 25.1 Å². The number of rotatable bonds is 5. The van der Waals surface area contributed by atoms with Crippen LogP contribution in [0.5, 0.6) is 0 Å². The summed E-state index contributed by atoms with van der Waals surface area (Å²) in [6, 6.07) is 4.25. The van der Waals surface area contributed by atoms with Gasteiger partial charge in [0.25, 0.3) is 5.91 Å². The summed E-state index contributed by atoms with van der Waals surface area (Å²) in [6.07, 6.45) is 1.57. The Morgan fingerprint density at radius 3 is 2.80 bits per heavy atom. The molecule has 0 aliphatic rings. The Labute approximate surface area is 114 Å². The van der Waals surface area contributed by atoms with E-state index in [9.17, 15) is 9.59 Å². The molecule has 0 radical (unpaired) electrons. The second kappa shape index (κ2) is 5.91. The van der Waals surface area contributed by atoms with Crippen molar-refractivity contribution in [2.45, 2.75) is 20.0 Å². The zero-order valence-corrected chi connectivity index (χ0v) is 10.8. The van der Waals surface area contributed by atoms with Crippen molar-refractivity contribution in [3.8, 4) is 0 Å². The number of nitrogens with one attached hydrogen (secondary N) is 1. The van der Waals surface area contributed by atoms with Crippen LogP contribution in [-0.4, -0.2) is 36.7 Å². The Morgan fingerprint density at radius 1 is 1.35 bits per heavy atom. The van der Waals surface area contributed by atoms with Crippen LogP contribution in [0.4, 0.5) is 0 Å². The molecular weight excluding hydrogens is 262 g/mol. The summed E-state index contributed by atoms with van der Waals surface area (Å²) < 4.78 is 1.79. The van der Waals surface area contributed by atoms with E-state index in [4.69, 9.17) is 5.11 Å². The zero-order valence-electron chi connectivity index (χ0n) is 10.8. The quantitative estimate of drug-likeness (QED) is 0.813. The highest BCUT2D eigenvalue weighted by molar-refractivity contribution is 5.94. The van der Waals surface area contributed by atoms with Crippen molar-refractivity contribution < 1.29 is 14.7 Å². The molecule has 104 valence electrons. The van der Waals surface area contributed by atoms with E-state index in [2.05, 4.69) is 20.5 Å². The number of pyridine rings is 1. The van der Waals surface area contributed by atoms with Gasteiger partial charge in [0.05, 0.1) is 6.54 Å². The normalized spacial score (nSPS) is 10.2. The molecule has 1 amide bonds. The lowest BCUT2D eigenvalue weighted by Gasteiger charge is -2.05. The molecule has 0 fully saturated rings. The summed E-state index contributed by atoms with van der Waals surface area (Å²) in [5.41, 5.74) is -0.123. The van der Waals surface area contributed by atoms with Gasteiger partial charge in [-0.1, -0.05) is 6.07 Å². The van der Waals surface area contributed by atoms with Crippen molar-refractivity contribution in [2.75, 3.05) is 0 Å². The average molecular weight is 275 g/mol. The number of carboxylic acids is 1. The fourth-order valence-electron chi connectivity index (χ4n) is 1.61. The average Bonchev–Trinajstić information content (AvgIpc) is 2.92. The zero-order chi connectivity index (χ0) is 14.5. The summed E-state index contributed by atoms with van der Waals surface area (Å²) >= 11 is 0. The summed E-state index contributed by atoms with van der Waals surface area (Å²) in [4.78, 5) is 26.4. The van der Waals surface area contributed by atoms with Gasteiger partial charge in [0.2, 0.25) is 0 Å². The number of aromatic carboxylic acids is 1. The molecule has 0 aliphatic carbocycles. The molecule has 0 aliphatic heterocycles. The van der Waals surface area contributed by atoms with Crippen LogP contribution >= 0.6 is 0 Å². The van der Waals surface area contributed by atoms with Gasteiger partial charge in [-0.25, -0.2) is 9.78 Å². The highest BCUT2D eigenvalue weighted by Gasteiger charge is 2.12. The fourth-order valence-corrected chi connectivity index (χ4v) is 1.61. The molecule has 0 saturated heterocycles. The standard InChI is InChI=1S/C12H13N5O3/c1-2-17-7-14-16-10(17)6-13-11(18)8-4-3-5-9(15-8)12(19)20/h3-5,7H,2,6H2,1H3,(H,13,18)(H,19,20). The first-order chi connectivity index (χ1) is 9.61. The number of hydrogen-bond donors (Lipinski definition) is 2. The molecule has 2 N–H and O–H groups in total. The van der Waals surface area contributed by atoms with Crippen LogP contribution in [0.2, 0.25) is 0 Å². The van der Waals surface area contributed by atoms with Crippen LogP contribution in [-0.2, 0) is 13.1 Å². The first kappa shape index (κ1) is 13.7.